The summed E-state index contributed by atoms with van der Waals surface area (Å²) in [6, 6.07) is 2.92. The molecular formula is C15H22N2O3. The minimum absolute atomic E-state index is 0.114. The van der Waals surface area contributed by atoms with E-state index in [1.54, 1.807) is 24.9 Å². The zero-order chi connectivity index (χ0) is 14.7. The van der Waals surface area contributed by atoms with E-state index in [9.17, 15) is 14.7 Å². The third kappa shape index (κ3) is 3.28. The van der Waals surface area contributed by atoms with E-state index in [1.165, 1.54) is 6.07 Å². The van der Waals surface area contributed by atoms with Gasteiger partial charge in [-0.05, 0) is 25.8 Å². The van der Waals surface area contributed by atoms with Gasteiger partial charge in [0.15, 0.2) is 0 Å². The molecule has 2 unspecified atom stereocenters. The number of nitrogens with zero attached hydrogens (tertiary/aromatic N) is 1. The Morgan fingerprint density at radius 2 is 2.10 bits per heavy atom. The molecule has 2 N–H and O–H groups in total. The van der Waals surface area contributed by atoms with Crippen LogP contribution in [0.5, 0.6) is 0 Å². The Morgan fingerprint density at radius 1 is 1.40 bits per heavy atom. The van der Waals surface area contributed by atoms with Crippen LogP contribution in [-0.2, 0) is 0 Å². The molecule has 110 valence electrons. The SMILES string of the molecule is Cc1[nH]c(=O)ccc1C(=O)N(C)CC1CCCCC1O. The smallest absolute Gasteiger partial charge is 0.255 e. The molecule has 1 heterocycles. The minimum atomic E-state index is -0.310. The Bertz CT molecular complexity index is 538. The van der Waals surface area contributed by atoms with Crippen molar-refractivity contribution in [3.8, 4) is 0 Å². The van der Waals surface area contributed by atoms with Crippen molar-refractivity contribution in [2.45, 2.75) is 38.7 Å². The van der Waals surface area contributed by atoms with E-state index in [-0.39, 0.29) is 23.5 Å². The van der Waals surface area contributed by atoms with Gasteiger partial charge < -0.3 is 15.0 Å². The topological polar surface area (TPSA) is 73.4 Å². The van der Waals surface area contributed by atoms with Gasteiger partial charge in [-0.3, -0.25) is 9.59 Å². The number of carbonyl (C=O) groups is 1. The molecule has 0 bridgehead atoms. The molecule has 0 radical (unpaired) electrons. The summed E-state index contributed by atoms with van der Waals surface area (Å²) in [5.41, 5.74) is 0.889. The Kier molecular flexibility index (Phi) is 4.60. The van der Waals surface area contributed by atoms with Gasteiger partial charge in [0.25, 0.3) is 5.91 Å². The Labute approximate surface area is 118 Å². The second-order valence-corrected chi connectivity index (χ2v) is 5.66. The molecule has 1 aliphatic rings. The lowest BCUT2D eigenvalue weighted by atomic mass is 9.86. The fourth-order valence-corrected chi connectivity index (χ4v) is 2.85. The first-order valence-electron chi connectivity index (χ1n) is 7.12. The monoisotopic (exact) mass is 278 g/mol. The third-order valence-electron chi connectivity index (χ3n) is 4.07. The Balaban J connectivity index is 2.06. The molecule has 5 nitrogen and oxygen atoms in total. The van der Waals surface area contributed by atoms with Crippen LogP contribution in [0.25, 0.3) is 0 Å². The summed E-state index contributed by atoms with van der Waals surface area (Å²) in [6.45, 7) is 2.27. The third-order valence-corrected chi connectivity index (χ3v) is 4.07. The van der Waals surface area contributed by atoms with Gasteiger partial charge in [0.1, 0.15) is 0 Å². The van der Waals surface area contributed by atoms with E-state index in [1.807, 2.05) is 0 Å². The van der Waals surface area contributed by atoms with E-state index in [0.29, 0.717) is 17.8 Å². The lowest BCUT2D eigenvalue weighted by molar-refractivity contribution is 0.0450. The molecule has 1 aromatic rings. The number of hydrogen-bond donors (Lipinski definition) is 2. The molecule has 1 amide bonds. The number of nitrogens with one attached hydrogen (secondary N) is 1. The summed E-state index contributed by atoms with van der Waals surface area (Å²) in [4.78, 5) is 27.8. The van der Waals surface area contributed by atoms with Crippen molar-refractivity contribution in [3.05, 3.63) is 33.7 Å². The number of carbonyl (C=O) groups excluding carboxylic acids is 1. The molecule has 1 fully saturated rings. The average molecular weight is 278 g/mol. The van der Waals surface area contributed by atoms with Gasteiger partial charge >= 0.3 is 0 Å². The number of aryl methyl sites for hydroxylation is 1. The van der Waals surface area contributed by atoms with E-state index >= 15 is 0 Å². The van der Waals surface area contributed by atoms with Crippen molar-refractivity contribution >= 4 is 5.91 Å². The summed E-state index contributed by atoms with van der Waals surface area (Å²) in [5, 5.41) is 9.98. The number of aromatic nitrogens is 1. The first-order valence-corrected chi connectivity index (χ1v) is 7.12. The number of aromatic amines is 1. The summed E-state index contributed by atoms with van der Waals surface area (Å²) in [5.74, 6) is 0.0392. The molecule has 5 heteroatoms. The highest BCUT2D eigenvalue weighted by Gasteiger charge is 2.26. The van der Waals surface area contributed by atoms with Crippen molar-refractivity contribution in [1.29, 1.82) is 0 Å². The number of pyridine rings is 1. The summed E-state index contributed by atoms with van der Waals surface area (Å²) < 4.78 is 0. The van der Waals surface area contributed by atoms with E-state index in [2.05, 4.69) is 4.98 Å². The summed E-state index contributed by atoms with van der Waals surface area (Å²) >= 11 is 0. The van der Waals surface area contributed by atoms with Gasteiger partial charge in [0, 0.05) is 31.3 Å². The first kappa shape index (κ1) is 14.8. The predicted molar refractivity (Wildman–Crippen MR) is 76.7 cm³/mol. The van der Waals surface area contributed by atoms with Crippen LogP contribution < -0.4 is 5.56 Å². The molecule has 1 aliphatic carbocycles. The molecule has 2 atom stereocenters. The summed E-state index contributed by atoms with van der Waals surface area (Å²) in [6.07, 6.45) is 3.65. The van der Waals surface area contributed by atoms with Crippen molar-refractivity contribution < 1.29 is 9.90 Å². The van der Waals surface area contributed by atoms with Gasteiger partial charge in [-0.15, -0.1) is 0 Å². The molecule has 0 aliphatic heterocycles. The number of aliphatic hydroxyl groups is 1. The zero-order valence-electron chi connectivity index (χ0n) is 12.1. The number of aliphatic hydroxyl groups excluding tert-OH is 1. The second kappa shape index (κ2) is 6.22. The Hall–Kier alpha value is -1.62. The molecular weight excluding hydrogens is 256 g/mol. The van der Waals surface area contributed by atoms with Gasteiger partial charge in [0.05, 0.1) is 11.7 Å². The lowest BCUT2D eigenvalue weighted by Crippen LogP contribution is -2.38. The quantitative estimate of drug-likeness (QED) is 0.875. The van der Waals surface area contributed by atoms with Gasteiger partial charge in [0.2, 0.25) is 5.56 Å². The maximum atomic E-state index is 12.4. The fourth-order valence-electron chi connectivity index (χ4n) is 2.85. The minimum Gasteiger partial charge on any atom is -0.393 e. The van der Waals surface area contributed by atoms with E-state index in [4.69, 9.17) is 0 Å². The molecule has 0 spiro atoms. The fraction of sp³-hybridized carbons (Fsp3) is 0.600. The number of H-pyrrole nitrogens is 1. The molecule has 2 rings (SSSR count). The van der Waals surface area contributed by atoms with E-state index in [0.717, 1.165) is 25.7 Å². The lowest BCUT2D eigenvalue weighted by Gasteiger charge is -2.31. The maximum Gasteiger partial charge on any atom is 0.255 e. The number of amides is 1. The second-order valence-electron chi connectivity index (χ2n) is 5.66. The van der Waals surface area contributed by atoms with Crippen molar-refractivity contribution in [1.82, 2.24) is 9.88 Å². The molecule has 20 heavy (non-hydrogen) atoms. The van der Waals surface area contributed by atoms with Crippen molar-refractivity contribution in [3.63, 3.8) is 0 Å². The standard InChI is InChI=1S/C15H22N2O3/c1-10-12(7-8-14(19)16-10)15(20)17(2)9-11-5-3-4-6-13(11)18/h7-8,11,13,18H,3-6,9H2,1-2H3,(H,16,19). The van der Waals surface area contributed by atoms with Gasteiger partial charge in [-0.1, -0.05) is 12.8 Å². The van der Waals surface area contributed by atoms with Crippen LogP contribution in [-0.4, -0.2) is 40.6 Å². The van der Waals surface area contributed by atoms with Gasteiger partial charge in [-0.25, -0.2) is 0 Å². The van der Waals surface area contributed by atoms with Crippen LogP contribution in [0.1, 0.15) is 41.7 Å². The molecule has 0 aromatic carbocycles. The van der Waals surface area contributed by atoms with Gasteiger partial charge in [-0.2, -0.15) is 0 Å². The van der Waals surface area contributed by atoms with Crippen LogP contribution in [0.2, 0.25) is 0 Å². The molecule has 0 saturated heterocycles. The molecule has 1 saturated carbocycles. The normalized spacial score (nSPS) is 22.6. The van der Waals surface area contributed by atoms with Crippen molar-refractivity contribution in [2.75, 3.05) is 13.6 Å². The Morgan fingerprint density at radius 3 is 2.75 bits per heavy atom. The highest BCUT2D eigenvalue weighted by Crippen LogP contribution is 2.25. The number of hydrogen-bond acceptors (Lipinski definition) is 3. The number of rotatable bonds is 3. The predicted octanol–water partition coefficient (Wildman–Crippen LogP) is 1.31. The average Bonchev–Trinajstić information content (AvgIpc) is 2.40. The van der Waals surface area contributed by atoms with Crippen LogP contribution >= 0.6 is 0 Å². The highest BCUT2D eigenvalue weighted by molar-refractivity contribution is 5.95. The van der Waals surface area contributed by atoms with E-state index < -0.39 is 0 Å². The first-order chi connectivity index (χ1) is 9.49. The van der Waals surface area contributed by atoms with Crippen LogP contribution in [0.4, 0.5) is 0 Å². The van der Waals surface area contributed by atoms with Crippen LogP contribution in [0, 0.1) is 12.8 Å². The van der Waals surface area contributed by atoms with Crippen molar-refractivity contribution in [2.24, 2.45) is 5.92 Å². The largest absolute Gasteiger partial charge is 0.393 e. The zero-order valence-corrected chi connectivity index (χ0v) is 12.1. The van der Waals surface area contributed by atoms with Crippen LogP contribution in [0.15, 0.2) is 16.9 Å². The maximum absolute atomic E-state index is 12.4. The van der Waals surface area contributed by atoms with Crippen LogP contribution in [0.3, 0.4) is 0 Å². The summed E-state index contributed by atoms with van der Waals surface area (Å²) in [7, 11) is 1.74. The highest BCUT2D eigenvalue weighted by atomic mass is 16.3. The molecule has 1 aromatic heterocycles.